The highest BCUT2D eigenvalue weighted by Crippen LogP contribution is 2.47. The van der Waals surface area contributed by atoms with Crippen LogP contribution in [0.1, 0.15) is 121 Å². The van der Waals surface area contributed by atoms with E-state index in [2.05, 4.69) is 38.2 Å². The lowest BCUT2D eigenvalue weighted by Gasteiger charge is -2.41. The van der Waals surface area contributed by atoms with E-state index >= 15 is 0 Å². The molecule has 0 amide bonds. The zero-order chi connectivity index (χ0) is 36.7. The van der Waals surface area contributed by atoms with Gasteiger partial charge in [-0.3, -0.25) is 0 Å². The number of methoxy groups -OCH3 is 1. The average molecular weight is 746 g/mol. The van der Waals surface area contributed by atoms with Crippen LogP contribution in [0.25, 0.3) is 11.3 Å². The van der Waals surface area contributed by atoms with Gasteiger partial charge in [0.2, 0.25) is 0 Å². The Hall–Kier alpha value is -2.65. The summed E-state index contributed by atoms with van der Waals surface area (Å²) in [4.78, 5) is 13.5. The SMILES string of the molecule is CC.CCC1CC(OCc2c(-c3c(Cl)cccc3Cl)noc2C2CC2)CC(C)C1NC(Sc1cc(C(=O)OC)cc(OC(C)C)c1C)=C(C)C. The Balaban J connectivity index is 0.00000276. The Labute approximate surface area is 313 Å². The third-order valence-electron chi connectivity index (χ3n) is 9.34. The highest BCUT2D eigenvalue weighted by molar-refractivity contribution is 8.03. The van der Waals surface area contributed by atoms with E-state index in [0.29, 0.717) is 57.0 Å². The van der Waals surface area contributed by atoms with E-state index in [1.54, 1.807) is 17.8 Å². The Bertz CT molecular complexity index is 1630. The molecule has 2 fully saturated rings. The molecule has 4 atom stereocenters. The van der Waals surface area contributed by atoms with Gasteiger partial charge in [-0.25, -0.2) is 4.79 Å². The van der Waals surface area contributed by atoms with Gasteiger partial charge in [0, 0.05) is 33.5 Å². The summed E-state index contributed by atoms with van der Waals surface area (Å²) in [5, 5.41) is 10.6. The number of nitrogens with one attached hydrogen (secondary N) is 1. The molecular formula is C40H54Cl2N2O5S. The fourth-order valence-electron chi connectivity index (χ4n) is 6.59. The molecule has 0 radical (unpaired) electrons. The Kier molecular flexibility index (Phi) is 14.6. The van der Waals surface area contributed by atoms with Crippen LogP contribution in [0.4, 0.5) is 0 Å². The second-order valence-electron chi connectivity index (χ2n) is 13.7. The van der Waals surface area contributed by atoms with Crippen molar-refractivity contribution in [2.24, 2.45) is 11.8 Å². The summed E-state index contributed by atoms with van der Waals surface area (Å²) >= 11 is 14.8. The number of aromatic nitrogens is 1. The predicted molar refractivity (Wildman–Crippen MR) is 205 cm³/mol. The van der Waals surface area contributed by atoms with E-state index in [1.807, 2.05) is 58.9 Å². The molecule has 10 heteroatoms. The van der Waals surface area contributed by atoms with Gasteiger partial charge < -0.3 is 24.1 Å². The summed E-state index contributed by atoms with van der Waals surface area (Å²) in [6, 6.07) is 9.43. The maximum atomic E-state index is 12.6. The molecule has 1 N–H and O–H groups in total. The molecule has 2 aliphatic carbocycles. The first-order chi connectivity index (χ1) is 23.9. The van der Waals surface area contributed by atoms with E-state index < -0.39 is 0 Å². The van der Waals surface area contributed by atoms with Gasteiger partial charge >= 0.3 is 5.97 Å². The van der Waals surface area contributed by atoms with Crippen molar-refractivity contribution >= 4 is 40.9 Å². The number of allylic oxidation sites excluding steroid dienone is 1. The lowest BCUT2D eigenvalue weighted by atomic mass is 9.75. The zero-order valence-electron chi connectivity index (χ0n) is 31.2. The standard InChI is InChI=1S/C38H48Cl2N2O5S.C2H6/c1-9-24-16-27(45-19-28-35(42-47-36(28)25-13-14-25)33-29(39)11-10-12-30(33)40)15-22(6)34(24)41-37(20(2)3)48-32-18-26(38(43)44-8)17-31(23(32)7)46-21(4)5;1-2/h10-12,17-18,21-22,24-25,27,34,41H,9,13-16,19H2,1-8H3;1-2H3. The number of hydrogen-bond donors (Lipinski definition) is 1. The molecule has 0 spiro atoms. The lowest BCUT2D eigenvalue weighted by molar-refractivity contribution is -0.0230. The van der Waals surface area contributed by atoms with Gasteiger partial charge in [0.1, 0.15) is 17.2 Å². The van der Waals surface area contributed by atoms with E-state index in [4.69, 9.17) is 41.9 Å². The van der Waals surface area contributed by atoms with Gasteiger partial charge in [-0.2, -0.15) is 0 Å². The molecule has 1 heterocycles. The number of ether oxygens (including phenoxy) is 3. The number of thioether (sulfide) groups is 1. The second-order valence-corrected chi connectivity index (χ2v) is 15.5. The van der Waals surface area contributed by atoms with E-state index in [-0.39, 0.29) is 24.2 Å². The monoisotopic (exact) mass is 744 g/mol. The van der Waals surface area contributed by atoms with Gasteiger partial charge in [0.05, 0.1) is 46.6 Å². The van der Waals surface area contributed by atoms with Crippen molar-refractivity contribution in [1.29, 1.82) is 0 Å². The summed E-state index contributed by atoms with van der Waals surface area (Å²) in [5.41, 5.74) is 4.99. The van der Waals surface area contributed by atoms with Crippen molar-refractivity contribution in [3.8, 4) is 17.0 Å². The Morgan fingerprint density at radius 3 is 2.38 bits per heavy atom. The summed E-state index contributed by atoms with van der Waals surface area (Å²) < 4.78 is 23.7. The Morgan fingerprint density at radius 2 is 1.80 bits per heavy atom. The molecule has 7 nitrogen and oxygen atoms in total. The fraction of sp³-hybridized carbons (Fsp3) is 0.550. The highest BCUT2D eigenvalue weighted by Gasteiger charge is 2.38. The maximum absolute atomic E-state index is 12.6. The first kappa shape index (κ1) is 40.1. The van der Waals surface area contributed by atoms with Crippen LogP contribution in [0.3, 0.4) is 0 Å². The number of benzene rings is 2. The van der Waals surface area contributed by atoms with Crippen LogP contribution in [-0.4, -0.2) is 36.5 Å². The quantitative estimate of drug-likeness (QED) is 0.137. The van der Waals surface area contributed by atoms with Crippen LogP contribution in [0.15, 0.2) is 50.4 Å². The average Bonchev–Trinajstić information content (AvgIpc) is 3.85. The first-order valence-corrected chi connectivity index (χ1v) is 19.5. The van der Waals surface area contributed by atoms with Crippen molar-refractivity contribution in [3.63, 3.8) is 0 Å². The minimum atomic E-state index is -0.382. The molecule has 2 saturated carbocycles. The van der Waals surface area contributed by atoms with E-state index in [0.717, 1.165) is 58.9 Å². The summed E-state index contributed by atoms with van der Waals surface area (Å²) in [6.45, 7) is 19.2. The lowest BCUT2D eigenvalue weighted by Crippen LogP contribution is -2.47. The number of carbonyl (C=O) groups is 1. The minimum absolute atomic E-state index is 0.0235. The molecule has 4 unspecified atom stereocenters. The third-order valence-corrected chi connectivity index (χ3v) is 11.3. The van der Waals surface area contributed by atoms with Crippen molar-refractivity contribution < 1.29 is 23.5 Å². The van der Waals surface area contributed by atoms with Crippen LogP contribution in [0.2, 0.25) is 10.0 Å². The number of esters is 1. The predicted octanol–water partition coefficient (Wildman–Crippen LogP) is 11.8. The van der Waals surface area contributed by atoms with Gasteiger partial charge in [-0.1, -0.05) is 80.3 Å². The van der Waals surface area contributed by atoms with Crippen LogP contribution >= 0.6 is 35.0 Å². The molecule has 0 bridgehead atoms. The first-order valence-electron chi connectivity index (χ1n) is 18.0. The Morgan fingerprint density at radius 1 is 1.12 bits per heavy atom. The molecule has 274 valence electrons. The van der Waals surface area contributed by atoms with Crippen LogP contribution in [0.5, 0.6) is 5.75 Å². The van der Waals surface area contributed by atoms with Crippen molar-refractivity contribution in [1.82, 2.24) is 10.5 Å². The van der Waals surface area contributed by atoms with E-state index in [1.165, 1.54) is 12.7 Å². The maximum Gasteiger partial charge on any atom is 0.338 e. The van der Waals surface area contributed by atoms with Gasteiger partial charge in [0.15, 0.2) is 0 Å². The van der Waals surface area contributed by atoms with Crippen LogP contribution in [0, 0.1) is 18.8 Å². The normalized spacial score (nSPS) is 20.2. The number of halogens is 2. The van der Waals surface area contributed by atoms with Gasteiger partial charge in [-0.05, 0) is 102 Å². The molecule has 2 aliphatic rings. The molecular weight excluding hydrogens is 691 g/mol. The number of carbonyl (C=O) groups excluding carboxylic acids is 1. The molecule has 2 aromatic carbocycles. The highest BCUT2D eigenvalue weighted by atomic mass is 35.5. The molecule has 0 saturated heterocycles. The van der Waals surface area contributed by atoms with Crippen molar-refractivity contribution in [3.05, 3.63) is 73.4 Å². The minimum Gasteiger partial charge on any atom is -0.491 e. The molecule has 1 aromatic heterocycles. The molecule has 0 aliphatic heterocycles. The topological polar surface area (TPSA) is 82.8 Å². The van der Waals surface area contributed by atoms with Crippen LogP contribution < -0.4 is 10.1 Å². The second kappa shape index (κ2) is 18.2. The number of rotatable bonds is 13. The smallest absolute Gasteiger partial charge is 0.338 e. The number of nitrogens with zero attached hydrogens (tertiary/aromatic N) is 1. The van der Waals surface area contributed by atoms with Crippen LogP contribution in [-0.2, 0) is 16.1 Å². The van der Waals surface area contributed by atoms with Gasteiger partial charge in [0.25, 0.3) is 0 Å². The summed E-state index contributed by atoms with van der Waals surface area (Å²) in [7, 11) is 1.40. The molecule has 50 heavy (non-hydrogen) atoms. The number of hydrogen-bond acceptors (Lipinski definition) is 8. The largest absolute Gasteiger partial charge is 0.491 e. The summed E-state index contributed by atoms with van der Waals surface area (Å²) in [5.74, 6) is 2.34. The zero-order valence-corrected chi connectivity index (χ0v) is 33.6. The van der Waals surface area contributed by atoms with E-state index in [9.17, 15) is 4.79 Å². The fourth-order valence-corrected chi connectivity index (χ4v) is 8.23. The molecule has 3 aromatic rings. The molecule has 5 rings (SSSR count). The summed E-state index contributed by atoms with van der Waals surface area (Å²) in [6.07, 6.45) is 5.13. The van der Waals surface area contributed by atoms with Crippen molar-refractivity contribution in [2.75, 3.05) is 7.11 Å². The van der Waals surface area contributed by atoms with Crippen molar-refractivity contribution in [2.45, 2.75) is 130 Å². The van der Waals surface area contributed by atoms with Gasteiger partial charge in [-0.15, -0.1) is 0 Å². The third kappa shape index (κ3) is 9.61.